The molecule has 0 bridgehead atoms. The lowest BCUT2D eigenvalue weighted by atomic mass is 10.0. The molecular formula is C22H20N4O2. The molecule has 0 fully saturated rings. The standard InChI is InChI=1S/C22H20N4O2/c27-21(24-13-17-6-2-7-23-22(17)26-9-3-8-25-26)12-18-14-28-20-11-16-5-1-4-15(16)10-19(18)20/h2-3,6-11,14H,1,4-5,12-13H2,(H,24,27). The topological polar surface area (TPSA) is 73.0 Å². The Balaban J connectivity index is 1.31. The van der Waals surface area contributed by atoms with Crippen LogP contribution in [0.1, 0.15) is 28.7 Å². The number of carbonyl (C=O) groups excluding carboxylic acids is 1. The number of furan rings is 1. The Morgan fingerprint density at radius 3 is 2.89 bits per heavy atom. The van der Waals surface area contributed by atoms with Gasteiger partial charge in [-0.05, 0) is 54.7 Å². The van der Waals surface area contributed by atoms with E-state index >= 15 is 0 Å². The average Bonchev–Trinajstić information content (AvgIpc) is 3.46. The first-order chi connectivity index (χ1) is 13.8. The van der Waals surface area contributed by atoms with Crippen LogP contribution in [-0.2, 0) is 30.6 Å². The number of nitrogens with zero attached hydrogens (tertiary/aromatic N) is 3. The van der Waals surface area contributed by atoms with Crippen LogP contribution in [0.5, 0.6) is 0 Å². The van der Waals surface area contributed by atoms with Crippen molar-refractivity contribution >= 4 is 16.9 Å². The molecule has 1 aromatic carbocycles. The Kier molecular flexibility index (Phi) is 4.16. The SMILES string of the molecule is O=C(Cc1coc2cc3c(cc12)CCC3)NCc1cccnc1-n1cccn1. The van der Waals surface area contributed by atoms with Crippen molar-refractivity contribution in [1.29, 1.82) is 0 Å². The fourth-order valence-electron chi connectivity index (χ4n) is 3.88. The van der Waals surface area contributed by atoms with Crippen molar-refractivity contribution < 1.29 is 9.21 Å². The van der Waals surface area contributed by atoms with E-state index in [0.29, 0.717) is 13.0 Å². The van der Waals surface area contributed by atoms with Crippen molar-refractivity contribution in [3.8, 4) is 5.82 Å². The molecule has 0 saturated heterocycles. The third-order valence-electron chi connectivity index (χ3n) is 5.28. The predicted molar refractivity (Wildman–Crippen MR) is 105 cm³/mol. The fourth-order valence-corrected chi connectivity index (χ4v) is 3.88. The van der Waals surface area contributed by atoms with Crippen molar-refractivity contribution in [3.63, 3.8) is 0 Å². The van der Waals surface area contributed by atoms with Crippen LogP contribution in [0.4, 0.5) is 0 Å². The Labute approximate surface area is 162 Å². The lowest BCUT2D eigenvalue weighted by molar-refractivity contribution is -0.120. The quantitative estimate of drug-likeness (QED) is 0.583. The highest BCUT2D eigenvalue weighted by Crippen LogP contribution is 2.30. The molecule has 0 aliphatic heterocycles. The minimum Gasteiger partial charge on any atom is -0.464 e. The number of hydrogen-bond acceptors (Lipinski definition) is 4. The lowest BCUT2D eigenvalue weighted by Crippen LogP contribution is -2.25. The van der Waals surface area contributed by atoms with Crippen LogP contribution in [0.25, 0.3) is 16.8 Å². The molecule has 1 N–H and O–H groups in total. The number of carbonyl (C=O) groups is 1. The van der Waals surface area contributed by atoms with Gasteiger partial charge in [0, 0.05) is 41.6 Å². The molecule has 6 nitrogen and oxygen atoms in total. The Morgan fingerprint density at radius 1 is 1.14 bits per heavy atom. The normalized spacial score (nSPS) is 13.0. The van der Waals surface area contributed by atoms with E-state index in [1.54, 1.807) is 23.3 Å². The predicted octanol–water partition coefficient (Wildman–Crippen LogP) is 3.36. The smallest absolute Gasteiger partial charge is 0.224 e. The van der Waals surface area contributed by atoms with Crippen LogP contribution >= 0.6 is 0 Å². The van der Waals surface area contributed by atoms with Crippen molar-refractivity contribution in [2.75, 3.05) is 0 Å². The van der Waals surface area contributed by atoms with E-state index < -0.39 is 0 Å². The molecule has 0 unspecified atom stereocenters. The highest BCUT2D eigenvalue weighted by atomic mass is 16.3. The number of aromatic nitrogens is 3. The Bertz CT molecular complexity index is 1140. The second-order valence-corrected chi connectivity index (χ2v) is 7.12. The molecule has 0 spiro atoms. The number of aryl methyl sites for hydroxylation is 2. The minimum absolute atomic E-state index is 0.0431. The summed E-state index contributed by atoms with van der Waals surface area (Å²) in [7, 11) is 0. The molecule has 6 heteroatoms. The summed E-state index contributed by atoms with van der Waals surface area (Å²) in [5.41, 5.74) is 5.47. The van der Waals surface area contributed by atoms with Crippen LogP contribution in [0.3, 0.4) is 0 Å². The number of benzene rings is 1. The summed E-state index contributed by atoms with van der Waals surface area (Å²) in [6, 6.07) is 9.98. The van der Waals surface area contributed by atoms with Gasteiger partial charge in [-0.1, -0.05) is 6.07 Å². The molecule has 28 heavy (non-hydrogen) atoms. The van der Waals surface area contributed by atoms with Crippen LogP contribution < -0.4 is 5.32 Å². The second kappa shape index (κ2) is 6.96. The van der Waals surface area contributed by atoms with Crippen LogP contribution in [0, 0.1) is 0 Å². The van der Waals surface area contributed by atoms with E-state index in [9.17, 15) is 4.79 Å². The number of fused-ring (bicyclic) bond motifs is 2. The molecule has 0 atom stereocenters. The summed E-state index contributed by atoms with van der Waals surface area (Å²) in [4.78, 5) is 16.9. The zero-order valence-electron chi connectivity index (χ0n) is 15.4. The summed E-state index contributed by atoms with van der Waals surface area (Å²) >= 11 is 0. The van der Waals surface area contributed by atoms with Crippen molar-refractivity contribution in [1.82, 2.24) is 20.1 Å². The van der Waals surface area contributed by atoms with Gasteiger partial charge in [0.25, 0.3) is 0 Å². The molecule has 1 aliphatic rings. The second-order valence-electron chi connectivity index (χ2n) is 7.12. The first kappa shape index (κ1) is 16.7. The lowest BCUT2D eigenvalue weighted by Gasteiger charge is -2.09. The number of amides is 1. The first-order valence-corrected chi connectivity index (χ1v) is 9.50. The molecule has 1 amide bonds. The van der Waals surface area contributed by atoms with Crippen LogP contribution in [-0.4, -0.2) is 20.7 Å². The van der Waals surface area contributed by atoms with Gasteiger partial charge in [0.15, 0.2) is 5.82 Å². The van der Waals surface area contributed by atoms with Gasteiger partial charge >= 0.3 is 0 Å². The third kappa shape index (κ3) is 3.07. The number of hydrogen-bond donors (Lipinski definition) is 1. The molecule has 3 aromatic heterocycles. The number of pyridine rings is 1. The van der Waals surface area contributed by atoms with Gasteiger partial charge in [-0.15, -0.1) is 0 Å². The minimum atomic E-state index is -0.0431. The van der Waals surface area contributed by atoms with Gasteiger partial charge in [-0.25, -0.2) is 9.67 Å². The molecule has 4 aromatic rings. The molecule has 5 rings (SSSR count). The fraction of sp³-hybridized carbons (Fsp3) is 0.227. The van der Waals surface area contributed by atoms with Crippen molar-refractivity contribution in [3.05, 3.63) is 77.4 Å². The maximum Gasteiger partial charge on any atom is 0.224 e. The van der Waals surface area contributed by atoms with Gasteiger partial charge in [0.1, 0.15) is 5.58 Å². The highest BCUT2D eigenvalue weighted by Gasteiger charge is 2.17. The molecule has 1 aliphatic carbocycles. The zero-order valence-corrected chi connectivity index (χ0v) is 15.4. The molecular weight excluding hydrogens is 352 g/mol. The Morgan fingerprint density at radius 2 is 2.04 bits per heavy atom. The largest absolute Gasteiger partial charge is 0.464 e. The van der Waals surface area contributed by atoms with Gasteiger partial charge in [0.2, 0.25) is 5.91 Å². The summed E-state index contributed by atoms with van der Waals surface area (Å²) in [6.07, 6.45) is 10.7. The van der Waals surface area contributed by atoms with E-state index in [4.69, 9.17) is 4.42 Å². The van der Waals surface area contributed by atoms with Crippen LogP contribution in [0.2, 0.25) is 0 Å². The number of nitrogens with one attached hydrogen (secondary N) is 1. The summed E-state index contributed by atoms with van der Waals surface area (Å²) in [5.74, 6) is 0.676. The molecule has 3 heterocycles. The maximum atomic E-state index is 12.6. The van der Waals surface area contributed by atoms with E-state index in [1.807, 2.05) is 24.4 Å². The molecule has 140 valence electrons. The monoisotopic (exact) mass is 372 g/mol. The summed E-state index contributed by atoms with van der Waals surface area (Å²) in [6.45, 7) is 0.396. The molecule has 0 saturated carbocycles. The van der Waals surface area contributed by atoms with E-state index in [0.717, 1.165) is 40.8 Å². The van der Waals surface area contributed by atoms with Gasteiger partial charge in [-0.2, -0.15) is 5.10 Å². The third-order valence-corrected chi connectivity index (χ3v) is 5.28. The van der Waals surface area contributed by atoms with Crippen molar-refractivity contribution in [2.45, 2.75) is 32.2 Å². The zero-order chi connectivity index (χ0) is 18.9. The highest BCUT2D eigenvalue weighted by molar-refractivity contribution is 5.88. The Hall–Kier alpha value is -3.41. The number of rotatable bonds is 5. The maximum absolute atomic E-state index is 12.6. The van der Waals surface area contributed by atoms with E-state index in [2.05, 4.69) is 27.5 Å². The summed E-state index contributed by atoms with van der Waals surface area (Å²) in [5, 5.41) is 8.27. The van der Waals surface area contributed by atoms with Crippen LogP contribution in [0.15, 0.2) is 59.6 Å². The van der Waals surface area contributed by atoms with Gasteiger partial charge in [-0.3, -0.25) is 4.79 Å². The van der Waals surface area contributed by atoms with Crippen molar-refractivity contribution in [2.24, 2.45) is 0 Å². The summed E-state index contributed by atoms with van der Waals surface area (Å²) < 4.78 is 7.40. The van der Waals surface area contributed by atoms with E-state index in [1.165, 1.54) is 17.5 Å². The van der Waals surface area contributed by atoms with Gasteiger partial charge in [0.05, 0.1) is 12.7 Å². The average molecular weight is 372 g/mol. The van der Waals surface area contributed by atoms with E-state index in [-0.39, 0.29) is 5.91 Å². The first-order valence-electron chi connectivity index (χ1n) is 9.50. The van der Waals surface area contributed by atoms with Gasteiger partial charge < -0.3 is 9.73 Å². The molecule has 0 radical (unpaired) electrons.